The van der Waals surface area contributed by atoms with Crippen molar-refractivity contribution in [3.8, 4) is 0 Å². The van der Waals surface area contributed by atoms with Crippen LogP contribution < -0.4 is 5.32 Å². The van der Waals surface area contributed by atoms with Gasteiger partial charge in [0.25, 0.3) is 0 Å². The zero-order chi connectivity index (χ0) is 16.6. The maximum atomic E-state index is 12.2. The van der Waals surface area contributed by atoms with Crippen molar-refractivity contribution in [2.45, 2.75) is 32.5 Å². The van der Waals surface area contributed by atoms with E-state index in [2.05, 4.69) is 20.2 Å². The number of amides is 2. The molecular weight excluding hydrogens is 318 g/mol. The second-order valence-electron chi connectivity index (χ2n) is 6.19. The number of hydrogen-bond donors (Lipinski definition) is 2. The Kier molecular flexibility index (Phi) is 4.33. The Labute approximate surface area is 136 Å². The molecule has 0 aliphatic carbocycles. The summed E-state index contributed by atoms with van der Waals surface area (Å²) < 4.78 is 24.3. The van der Waals surface area contributed by atoms with E-state index in [0.717, 1.165) is 11.4 Å². The SMILES string of the molecule is CCNC(=O)N1CCN(Cc2nc[nH]c2C)[C@@H]2CS(=O)(=O)C[C@@H]21. The Balaban J connectivity index is 1.81. The highest BCUT2D eigenvalue weighted by Crippen LogP contribution is 2.28. The predicted molar refractivity (Wildman–Crippen MR) is 85.7 cm³/mol. The lowest BCUT2D eigenvalue weighted by Crippen LogP contribution is -2.62. The van der Waals surface area contributed by atoms with Gasteiger partial charge < -0.3 is 15.2 Å². The predicted octanol–water partition coefficient (Wildman–Crippen LogP) is -0.269. The Morgan fingerprint density at radius 2 is 2.13 bits per heavy atom. The number of imidazole rings is 1. The van der Waals surface area contributed by atoms with E-state index in [1.807, 2.05) is 13.8 Å². The van der Waals surface area contributed by atoms with Crippen LogP contribution in [0.3, 0.4) is 0 Å². The maximum absolute atomic E-state index is 12.2. The van der Waals surface area contributed by atoms with Crippen LogP contribution in [-0.2, 0) is 16.4 Å². The molecule has 1 aromatic heterocycles. The van der Waals surface area contributed by atoms with E-state index >= 15 is 0 Å². The number of nitrogens with zero attached hydrogens (tertiary/aromatic N) is 3. The highest BCUT2D eigenvalue weighted by Gasteiger charge is 2.48. The zero-order valence-electron chi connectivity index (χ0n) is 13.4. The minimum absolute atomic E-state index is 0.0465. The van der Waals surface area contributed by atoms with E-state index in [0.29, 0.717) is 26.2 Å². The number of aromatic nitrogens is 2. The number of nitrogens with one attached hydrogen (secondary N) is 2. The van der Waals surface area contributed by atoms with Gasteiger partial charge >= 0.3 is 6.03 Å². The summed E-state index contributed by atoms with van der Waals surface area (Å²) in [5.41, 5.74) is 1.92. The van der Waals surface area contributed by atoms with Crippen LogP contribution in [0.25, 0.3) is 0 Å². The summed E-state index contributed by atoms with van der Waals surface area (Å²) in [4.78, 5) is 23.4. The molecule has 2 fully saturated rings. The molecule has 3 rings (SSSR count). The molecule has 3 heterocycles. The molecule has 1 aromatic rings. The molecule has 0 radical (unpaired) electrons. The van der Waals surface area contributed by atoms with Gasteiger partial charge in [-0.2, -0.15) is 0 Å². The highest BCUT2D eigenvalue weighted by atomic mass is 32.2. The van der Waals surface area contributed by atoms with Gasteiger partial charge in [0.15, 0.2) is 9.84 Å². The molecule has 2 amide bonds. The first-order valence-electron chi connectivity index (χ1n) is 7.89. The number of hydrogen-bond acceptors (Lipinski definition) is 5. The van der Waals surface area contributed by atoms with E-state index in [1.54, 1.807) is 11.2 Å². The number of aromatic amines is 1. The lowest BCUT2D eigenvalue weighted by atomic mass is 10.0. The molecule has 23 heavy (non-hydrogen) atoms. The first-order valence-corrected chi connectivity index (χ1v) is 9.71. The smallest absolute Gasteiger partial charge is 0.317 e. The van der Waals surface area contributed by atoms with Crippen molar-refractivity contribution in [2.75, 3.05) is 31.1 Å². The number of H-pyrrole nitrogens is 1. The van der Waals surface area contributed by atoms with Crippen LogP contribution >= 0.6 is 0 Å². The van der Waals surface area contributed by atoms with Gasteiger partial charge in [-0.3, -0.25) is 4.90 Å². The second-order valence-corrected chi connectivity index (χ2v) is 8.34. The minimum atomic E-state index is -3.12. The number of urea groups is 1. The summed E-state index contributed by atoms with van der Waals surface area (Å²) in [6.07, 6.45) is 1.65. The lowest BCUT2D eigenvalue weighted by Gasteiger charge is -2.43. The molecule has 0 aromatic carbocycles. The molecule has 2 aliphatic rings. The molecule has 0 unspecified atom stereocenters. The Hall–Kier alpha value is -1.61. The van der Waals surface area contributed by atoms with Crippen molar-refractivity contribution < 1.29 is 13.2 Å². The van der Waals surface area contributed by atoms with Gasteiger partial charge in [0.2, 0.25) is 0 Å². The quantitative estimate of drug-likeness (QED) is 0.789. The number of sulfone groups is 1. The van der Waals surface area contributed by atoms with Gasteiger partial charge in [0.1, 0.15) is 0 Å². The molecule has 8 nitrogen and oxygen atoms in total. The fourth-order valence-electron chi connectivity index (χ4n) is 3.46. The molecule has 0 bridgehead atoms. The van der Waals surface area contributed by atoms with Crippen molar-refractivity contribution in [1.82, 2.24) is 25.1 Å². The van der Waals surface area contributed by atoms with E-state index < -0.39 is 9.84 Å². The van der Waals surface area contributed by atoms with Gasteiger partial charge in [0, 0.05) is 37.9 Å². The van der Waals surface area contributed by atoms with Crippen LogP contribution in [-0.4, -0.2) is 77.4 Å². The Morgan fingerprint density at radius 1 is 1.39 bits per heavy atom. The number of carbonyl (C=O) groups excluding carboxylic acids is 1. The van der Waals surface area contributed by atoms with Gasteiger partial charge in [-0.1, -0.05) is 0 Å². The molecular formula is C14H23N5O3S. The number of fused-ring (bicyclic) bond motifs is 1. The van der Waals surface area contributed by atoms with Crippen LogP contribution in [0.1, 0.15) is 18.3 Å². The summed E-state index contributed by atoms with van der Waals surface area (Å²) in [6, 6.07) is -0.609. The van der Waals surface area contributed by atoms with Crippen LogP contribution in [0.5, 0.6) is 0 Å². The molecule has 0 saturated carbocycles. The van der Waals surface area contributed by atoms with Crippen molar-refractivity contribution in [3.63, 3.8) is 0 Å². The number of piperazine rings is 1. The molecule has 2 aliphatic heterocycles. The summed E-state index contributed by atoms with van der Waals surface area (Å²) in [5, 5.41) is 2.78. The fraction of sp³-hybridized carbons (Fsp3) is 0.714. The largest absolute Gasteiger partial charge is 0.348 e. The van der Waals surface area contributed by atoms with E-state index in [-0.39, 0.29) is 29.6 Å². The first kappa shape index (κ1) is 16.3. The second kappa shape index (κ2) is 6.12. The maximum Gasteiger partial charge on any atom is 0.317 e. The monoisotopic (exact) mass is 341 g/mol. The van der Waals surface area contributed by atoms with Gasteiger partial charge in [-0.15, -0.1) is 0 Å². The van der Waals surface area contributed by atoms with Crippen molar-refractivity contribution in [2.24, 2.45) is 0 Å². The number of aryl methyl sites for hydroxylation is 1. The normalized spacial score (nSPS) is 27.0. The molecule has 2 atom stereocenters. The third-order valence-corrected chi connectivity index (χ3v) is 6.37. The number of carbonyl (C=O) groups is 1. The molecule has 9 heteroatoms. The zero-order valence-corrected chi connectivity index (χ0v) is 14.3. The lowest BCUT2D eigenvalue weighted by molar-refractivity contribution is 0.0600. The standard InChI is InChI=1S/C14H23N5O3S/c1-3-15-14(20)19-5-4-18(6-11-10(2)16-9-17-11)12-7-23(21,22)8-13(12)19/h9,12-13H,3-8H2,1-2H3,(H,15,20)(H,16,17)/t12-,13+/m1/s1. The van der Waals surface area contributed by atoms with Gasteiger partial charge in [-0.25, -0.2) is 18.2 Å². The summed E-state index contributed by atoms with van der Waals surface area (Å²) in [6.45, 7) is 6.14. The molecule has 0 spiro atoms. The van der Waals surface area contributed by atoms with Crippen LogP contribution in [0.2, 0.25) is 0 Å². The van der Waals surface area contributed by atoms with Gasteiger partial charge in [-0.05, 0) is 13.8 Å². The van der Waals surface area contributed by atoms with Crippen LogP contribution in [0.4, 0.5) is 4.79 Å². The van der Waals surface area contributed by atoms with Crippen LogP contribution in [0, 0.1) is 6.92 Å². The third-order valence-electron chi connectivity index (χ3n) is 4.67. The van der Waals surface area contributed by atoms with Crippen molar-refractivity contribution in [1.29, 1.82) is 0 Å². The van der Waals surface area contributed by atoms with Crippen molar-refractivity contribution >= 4 is 15.9 Å². The van der Waals surface area contributed by atoms with E-state index in [1.165, 1.54) is 0 Å². The molecule has 2 N–H and O–H groups in total. The summed E-state index contributed by atoms with van der Waals surface area (Å²) >= 11 is 0. The molecule has 128 valence electrons. The van der Waals surface area contributed by atoms with Gasteiger partial charge in [0.05, 0.1) is 29.6 Å². The molecule has 2 saturated heterocycles. The first-order chi connectivity index (χ1) is 10.9. The topological polar surface area (TPSA) is 98.4 Å². The van der Waals surface area contributed by atoms with E-state index in [4.69, 9.17) is 0 Å². The Bertz CT molecular complexity index is 686. The summed E-state index contributed by atoms with van der Waals surface area (Å²) in [5.74, 6) is 0.155. The fourth-order valence-corrected chi connectivity index (χ4v) is 5.48. The Morgan fingerprint density at radius 3 is 2.78 bits per heavy atom. The van der Waals surface area contributed by atoms with Crippen LogP contribution in [0.15, 0.2) is 6.33 Å². The highest BCUT2D eigenvalue weighted by molar-refractivity contribution is 7.91. The average molecular weight is 341 g/mol. The average Bonchev–Trinajstić information content (AvgIpc) is 3.02. The summed E-state index contributed by atoms with van der Waals surface area (Å²) in [7, 11) is -3.12. The van der Waals surface area contributed by atoms with Crippen molar-refractivity contribution in [3.05, 3.63) is 17.7 Å². The minimum Gasteiger partial charge on any atom is -0.348 e. The third kappa shape index (κ3) is 3.20. The number of rotatable bonds is 3. The van der Waals surface area contributed by atoms with E-state index in [9.17, 15) is 13.2 Å².